The predicted molar refractivity (Wildman–Crippen MR) is 125 cm³/mol. The summed E-state index contributed by atoms with van der Waals surface area (Å²) in [5, 5.41) is 3.06. The molecule has 31 heavy (non-hydrogen) atoms. The molecule has 0 fully saturated rings. The highest BCUT2D eigenvalue weighted by Crippen LogP contribution is 2.25. The minimum atomic E-state index is -1.08. The molecule has 0 saturated heterocycles. The standard InChI is InChI=1S/C23H46N4O4/c1-11-17(6)21(18(31-10)12-19(24)29)27(9)13-23(14-28,16(4)5)25-22(30)20(15(2)3)26(7)8/h14-18,20-21H,11-13H2,1-10H3,(H2,24,29)(H,25,30)/t17-,18+,20-,21-,23+/m0/s1. The Morgan fingerprint density at radius 1 is 1.13 bits per heavy atom. The lowest BCUT2D eigenvalue weighted by atomic mass is 9.84. The summed E-state index contributed by atoms with van der Waals surface area (Å²) in [6.45, 7) is 12.3. The van der Waals surface area contributed by atoms with Gasteiger partial charge in [-0.15, -0.1) is 0 Å². The molecule has 0 aromatic heterocycles. The van der Waals surface area contributed by atoms with Crippen LogP contribution in [0.2, 0.25) is 0 Å². The highest BCUT2D eigenvalue weighted by Gasteiger charge is 2.42. The van der Waals surface area contributed by atoms with Crippen LogP contribution in [0.25, 0.3) is 0 Å². The molecule has 0 saturated carbocycles. The minimum Gasteiger partial charge on any atom is -0.379 e. The van der Waals surface area contributed by atoms with Crippen LogP contribution < -0.4 is 11.1 Å². The fraction of sp³-hybridized carbons (Fsp3) is 0.870. The molecule has 0 aliphatic heterocycles. The molecule has 8 heteroatoms. The molecule has 8 nitrogen and oxygen atoms in total. The second kappa shape index (κ2) is 13.1. The smallest absolute Gasteiger partial charge is 0.238 e. The molecule has 2 amide bonds. The van der Waals surface area contributed by atoms with Gasteiger partial charge in [-0.05, 0) is 38.9 Å². The van der Waals surface area contributed by atoms with Gasteiger partial charge in [0.05, 0.1) is 18.6 Å². The van der Waals surface area contributed by atoms with E-state index in [4.69, 9.17) is 10.5 Å². The Bertz CT molecular complexity index is 574. The van der Waals surface area contributed by atoms with Gasteiger partial charge in [0.15, 0.2) is 0 Å². The van der Waals surface area contributed by atoms with Crippen molar-refractivity contribution in [3.63, 3.8) is 0 Å². The largest absolute Gasteiger partial charge is 0.379 e. The molecule has 0 aliphatic rings. The van der Waals surface area contributed by atoms with Gasteiger partial charge < -0.3 is 20.6 Å². The minimum absolute atomic E-state index is 0.0885. The van der Waals surface area contributed by atoms with Crippen LogP contribution in [0.15, 0.2) is 0 Å². The predicted octanol–water partition coefficient (Wildman–Crippen LogP) is 1.52. The van der Waals surface area contributed by atoms with Gasteiger partial charge in [0, 0.05) is 19.7 Å². The Labute approximate surface area is 189 Å². The average Bonchev–Trinajstić information content (AvgIpc) is 2.65. The van der Waals surface area contributed by atoms with Gasteiger partial charge >= 0.3 is 0 Å². The van der Waals surface area contributed by atoms with Crippen molar-refractivity contribution < 1.29 is 19.1 Å². The molecule has 0 aromatic rings. The fourth-order valence-electron chi connectivity index (χ4n) is 4.39. The van der Waals surface area contributed by atoms with Gasteiger partial charge in [-0.3, -0.25) is 19.4 Å². The van der Waals surface area contributed by atoms with Crippen molar-refractivity contribution in [1.29, 1.82) is 0 Å². The molecule has 3 N–H and O–H groups in total. The van der Waals surface area contributed by atoms with Crippen molar-refractivity contribution in [3.8, 4) is 0 Å². The van der Waals surface area contributed by atoms with Crippen molar-refractivity contribution in [1.82, 2.24) is 15.1 Å². The van der Waals surface area contributed by atoms with Crippen LogP contribution in [0.3, 0.4) is 0 Å². The summed E-state index contributed by atoms with van der Waals surface area (Å²) in [6.07, 6.45) is 1.40. The van der Waals surface area contributed by atoms with Crippen molar-refractivity contribution in [2.45, 2.75) is 78.1 Å². The summed E-state index contributed by atoms with van der Waals surface area (Å²) in [4.78, 5) is 41.1. The van der Waals surface area contributed by atoms with Crippen molar-refractivity contribution in [2.75, 3.05) is 34.8 Å². The Morgan fingerprint density at radius 3 is 2.00 bits per heavy atom. The number of nitrogens with zero attached hydrogens (tertiary/aromatic N) is 2. The number of methoxy groups -OCH3 is 1. The first kappa shape index (κ1) is 29.5. The molecule has 0 bridgehead atoms. The van der Waals surface area contributed by atoms with E-state index in [2.05, 4.69) is 19.2 Å². The number of nitrogens with one attached hydrogen (secondary N) is 1. The summed E-state index contributed by atoms with van der Waals surface area (Å²) >= 11 is 0. The Hall–Kier alpha value is -1.51. The summed E-state index contributed by atoms with van der Waals surface area (Å²) in [6, 6.07) is -0.498. The summed E-state index contributed by atoms with van der Waals surface area (Å²) < 4.78 is 5.63. The molecule has 0 heterocycles. The van der Waals surface area contributed by atoms with Crippen molar-refractivity contribution in [3.05, 3.63) is 0 Å². The van der Waals surface area contributed by atoms with Crippen LogP contribution in [0.5, 0.6) is 0 Å². The number of hydrogen-bond donors (Lipinski definition) is 2. The number of primary amides is 1. The molecular weight excluding hydrogens is 396 g/mol. The van der Waals surface area contributed by atoms with Gasteiger partial charge in [-0.25, -0.2) is 0 Å². The van der Waals surface area contributed by atoms with Crippen LogP contribution in [0.1, 0.15) is 54.4 Å². The third-order valence-corrected chi connectivity index (χ3v) is 6.39. The number of nitrogens with two attached hydrogens (primary N) is 1. The van der Waals surface area contributed by atoms with Gasteiger partial charge in [0.2, 0.25) is 11.8 Å². The van der Waals surface area contributed by atoms with E-state index in [0.717, 1.165) is 12.7 Å². The maximum Gasteiger partial charge on any atom is 0.238 e. The lowest BCUT2D eigenvalue weighted by molar-refractivity contribution is -0.134. The number of rotatable bonds is 15. The Balaban J connectivity index is 5.99. The van der Waals surface area contributed by atoms with E-state index in [1.54, 1.807) is 7.11 Å². The number of amides is 2. The Morgan fingerprint density at radius 2 is 1.68 bits per heavy atom. The van der Waals surface area contributed by atoms with E-state index in [0.29, 0.717) is 6.54 Å². The van der Waals surface area contributed by atoms with Gasteiger partial charge in [0.1, 0.15) is 11.8 Å². The molecule has 0 aliphatic carbocycles. The summed E-state index contributed by atoms with van der Waals surface area (Å²) in [5.74, 6) is -0.466. The maximum atomic E-state index is 13.2. The third kappa shape index (κ3) is 8.16. The lowest BCUT2D eigenvalue weighted by Crippen LogP contribution is -2.65. The first-order valence-electron chi connectivity index (χ1n) is 11.2. The molecule has 5 atom stereocenters. The normalized spacial score (nSPS) is 18.0. The third-order valence-electron chi connectivity index (χ3n) is 6.39. The highest BCUT2D eigenvalue weighted by atomic mass is 16.5. The van der Waals surface area contributed by atoms with Crippen molar-refractivity contribution in [2.24, 2.45) is 23.5 Å². The molecule has 0 radical (unpaired) electrons. The zero-order valence-corrected chi connectivity index (χ0v) is 21.3. The molecule has 0 spiro atoms. The van der Waals surface area contributed by atoms with Crippen LogP contribution in [0, 0.1) is 17.8 Å². The molecular formula is C23H46N4O4. The SMILES string of the molecule is CC[C@H](C)[C@@H]([C@@H](CC(N)=O)OC)N(C)C[C@](C=O)(NC(=O)[C@H](C(C)C)N(C)C)C(C)C. The summed E-state index contributed by atoms with van der Waals surface area (Å²) in [7, 11) is 7.20. The molecule has 182 valence electrons. The first-order valence-corrected chi connectivity index (χ1v) is 11.2. The number of hydrogen-bond acceptors (Lipinski definition) is 6. The van der Waals surface area contributed by atoms with Crippen LogP contribution >= 0.6 is 0 Å². The quantitative estimate of drug-likeness (QED) is 0.373. The van der Waals surface area contributed by atoms with Crippen molar-refractivity contribution >= 4 is 18.1 Å². The second-order valence-corrected chi connectivity index (χ2v) is 9.69. The maximum absolute atomic E-state index is 13.2. The van der Waals surface area contributed by atoms with E-state index >= 15 is 0 Å². The van der Waals surface area contributed by atoms with Crippen LogP contribution in [-0.2, 0) is 19.1 Å². The van der Waals surface area contributed by atoms with Gasteiger partial charge in [0.25, 0.3) is 0 Å². The zero-order valence-electron chi connectivity index (χ0n) is 21.3. The lowest BCUT2D eigenvalue weighted by Gasteiger charge is -2.44. The van der Waals surface area contributed by atoms with Crippen LogP contribution in [0.4, 0.5) is 0 Å². The van der Waals surface area contributed by atoms with Crippen LogP contribution in [-0.4, -0.2) is 86.4 Å². The van der Waals surface area contributed by atoms with E-state index < -0.39 is 17.6 Å². The van der Waals surface area contributed by atoms with E-state index in [9.17, 15) is 14.4 Å². The van der Waals surface area contributed by atoms with E-state index in [1.165, 1.54) is 0 Å². The number of carbonyl (C=O) groups is 3. The van der Waals surface area contributed by atoms with E-state index in [1.807, 2.05) is 58.6 Å². The molecule has 0 aromatic carbocycles. The fourth-order valence-corrected chi connectivity index (χ4v) is 4.39. The number of ether oxygens (including phenoxy) is 1. The highest BCUT2D eigenvalue weighted by molar-refractivity contribution is 5.86. The summed E-state index contributed by atoms with van der Waals surface area (Å²) in [5.41, 5.74) is 4.37. The molecule has 0 rings (SSSR count). The first-order chi connectivity index (χ1) is 14.3. The van der Waals surface area contributed by atoms with E-state index in [-0.39, 0.29) is 42.2 Å². The average molecular weight is 443 g/mol. The molecule has 0 unspecified atom stereocenters. The second-order valence-electron chi connectivity index (χ2n) is 9.69. The Kier molecular flexibility index (Phi) is 12.5. The van der Waals surface area contributed by atoms with Gasteiger partial charge in [-0.2, -0.15) is 0 Å². The number of likely N-dealkylation sites (N-methyl/N-ethyl adjacent to an activating group) is 2. The number of aldehydes is 1. The van der Waals surface area contributed by atoms with Gasteiger partial charge in [-0.1, -0.05) is 48.0 Å². The monoisotopic (exact) mass is 442 g/mol. The number of carbonyl (C=O) groups excluding carboxylic acids is 3. The topological polar surface area (TPSA) is 105 Å². The zero-order chi connectivity index (χ0) is 24.5.